The van der Waals surface area contributed by atoms with Crippen LogP contribution in [0.2, 0.25) is 0 Å². The lowest BCUT2D eigenvalue weighted by atomic mass is 9.89. The minimum atomic E-state index is -0.479. The zero-order valence-corrected chi connectivity index (χ0v) is 12.3. The molecule has 0 aliphatic heterocycles. The van der Waals surface area contributed by atoms with Crippen LogP contribution in [0, 0.1) is 11.8 Å². The van der Waals surface area contributed by atoms with Gasteiger partial charge in [-0.15, -0.1) is 6.58 Å². The van der Waals surface area contributed by atoms with E-state index in [4.69, 9.17) is 4.74 Å². The van der Waals surface area contributed by atoms with Crippen molar-refractivity contribution < 1.29 is 14.3 Å². The number of ether oxygens (including phenoxy) is 1. The number of carbonyl (C=O) groups excluding carboxylic acids is 2. The summed E-state index contributed by atoms with van der Waals surface area (Å²) in [4.78, 5) is 24.0. The summed E-state index contributed by atoms with van der Waals surface area (Å²) < 4.78 is 5.54. The van der Waals surface area contributed by atoms with Gasteiger partial charge in [0.1, 0.15) is 11.9 Å². The molecular formula is C17H22O3. The van der Waals surface area contributed by atoms with E-state index in [1.807, 2.05) is 19.9 Å². The second-order valence-electron chi connectivity index (χ2n) is 4.94. The monoisotopic (exact) mass is 274 g/mol. The van der Waals surface area contributed by atoms with E-state index in [0.29, 0.717) is 12.0 Å². The number of hydrogen-bond donors (Lipinski definition) is 0. The Labute approximate surface area is 120 Å². The number of esters is 1. The van der Waals surface area contributed by atoms with Gasteiger partial charge in [0, 0.05) is 12.3 Å². The molecule has 0 unspecified atom stereocenters. The molecule has 0 aliphatic carbocycles. The Morgan fingerprint density at radius 1 is 1.25 bits per heavy atom. The highest BCUT2D eigenvalue weighted by Crippen LogP contribution is 2.21. The van der Waals surface area contributed by atoms with E-state index in [9.17, 15) is 9.59 Å². The molecule has 0 N–H and O–H groups in total. The third kappa shape index (κ3) is 4.05. The van der Waals surface area contributed by atoms with Gasteiger partial charge in [0.05, 0.1) is 11.5 Å². The number of carbonyl (C=O) groups is 2. The maximum atomic E-state index is 12.1. The van der Waals surface area contributed by atoms with Crippen molar-refractivity contribution in [2.45, 2.75) is 33.3 Å². The molecule has 0 aromatic heterocycles. The number of benzene rings is 1. The van der Waals surface area contributed by atoms with Crippen molar-refractivity contribution in [2.75, 3.05) is 0 Å². The van der Waals surface area contributed by atoms with Crippen molar-refractivity contribution in [1.29, 1.82) is 0 Å². The molecule has 108 valence electrons. The number of rotatable bonds is 7. The number of hydrogen-bond acceptors (Lipinski definition) is 3. The molecule has 0 radical (unpaired) electrons. The molecule has 0 aliphatic rings. The predicted octanol–water partition coefficient (Wildman–Crippen LogP) is 3.65. The fourth-order valence-electron chi connectivity index (χ4n) is 2.07. The Hall–Kier alpha value is -1.90. The van der Waals surface area contributed by atoms with Crippen molar-refractivity contribution in [2.24, 2.45) is 11.8 Å². The van der Waals surface area contributed by atoms with Crippen LogP contribution in [0.3, 0.4) is 0 Å². The lowest BCUT2D eigenvalue weighted by Crippen LogP contribution is -2.35. The smallest absolute Gasteiger partial charge is 0.338 e. The average Bonchev–Trinajstić information content (AvgIpc) is 2.50. The van der Waals surface area contributed by atoms with Gasteiger partial charge in [-0.05, 0) is 12.1 Å². The highest BCUT2D eigenvalue weighted by Gasteiger charge is 2.30. The Morgan fingerprint density at radius 2 is 1.85 bits per heavy atom. The van der Waals surface area contributed by atoms with E-state index in [1.165, 1.54) is 0 Å². The van der Waals surface area contributed by atoms with E-state index in [1.54, 1.807) is 37.3 Å². The summed E-state index contributed by atoms with van der Waals surface area (Å²) in [7, 11) is 0. The van der Waals surface area contributed by atoms with Gasteiger partial charge in [-0.25, -0.2) is 4.79 Å². The maximum absolute atomic E-state index is 12.1. The molecule has 1 aromatic carbocycles. The molecule has 1 rings (SSSR count). The summed E-state index contributed by atoms with van der Waals surface area (Å²) >= 11 is 0. The first-order chi connectivity index (χ1) is 9.51. The molecule has 0 spiro atoms. The molecular weight excluding hydrogens is 252 g/mol. The fourth-order valence-corrected chi connectivity index (χ4v) is 2.07. The molecule has 0 saturated heterocycles. The normalized spacial score (nSPS) is 14.9. The van der Waals surface area contributed by atoms with Crippen molar-refractivity contribution in [1.82, 2.24) is 0 Å². The zero-order valence-electron chi connectivity index (χ0n) is 12.3. The Morgan fingerprint density at radius 3 is 2.35 bits per heavy atom. The SMILES string of the molecule is C=C[C@@H](C)[C@H](OC(=O)c1ccccc1)[C@@H](C)C(=O)CC. The molecule has 0 fully saturated rings. The van der Waals surface area contributed by atoms with Crippen molar-refractivity contribution >= 4 is 11.8 Å². The van der Waals surface area contributed by atoms with Crippen LogP contribution in [0.1, 0.15) is 37.6 Å². The molecule has 20 heavy (non-hydrogen) atoms. The van der Waals surface area contributed by atoms with Gasteiger partial charge in [-0.2, -0.15) is 0 Å². The van der Waals surface area contributed by atoms with Gasteiger partial charge in [0.15, 0.2) is 0 Å². The van der Waals surface area contributed by atoms with Gasteiger partial charge < -0.3 is 4.74 Å². The van der Waals surface area contributed by atoms with Gasteiger partial charge in [-0.1, -0.05) is 45.0 Å². The van der Waals surface area contributed by atoms with Crippen LogP contribution in [0.5, 0.6) is 0 Å². The molecule has 3 heteroatoms. The second-order valence-corrected chi connectivity index (χ2v) is 4.94. The minimum absolute atomic E-state index is 0.0758. The fraction of sp³-hybridized carbons (Fsp3) is 0.412. The summed E-state index contributed by atoms with van der Waals surface area (Å²) in [6.07, 6.45) is 1.67. The van der Waals surface area contributed by atoms with E-state index < -0.39 is 12.1 Å². The summed E-state index contributed by atoms with van der Waals surface area (Å²) in [6, 6.07) is 8.80. The Bertz CT molecular complexity index is 464. The standard InChI is InChI=1S/C17H22O3/c1-5-12(3)16(13(4)15(18)6-2)20-17(19)14-10-8-7-9-11-14/h5,7-13,16H,1,6H2,2-4H3/t12-,13+,16+/m1/s1. The van der Waals surface area contributed by atoms with Crippen molar-refractivity contribution in [3.8, 4) is 0 Å². The van der Waals surface area contributed by atoms with Crippen LogP contribution >= 0.6 is 0 Å². The topological polar surface area (TPSA) is 43.4 Å². The average molecular weight is 274 g/mol. The second kappa shape index (κ2) is 7.63. The van der Waals surface area contributed by atoms with Gasteiger partial charge in [-0.3, -0.25) is 4.79 Å². The molecule has 3 nitrogen and oxygen atoms in total. The van der Waals surface area contributed by atoms with Crippen LogP contribution in [-0.4, -0.2) is 17.9 Å². The van der Waals surface area contributed by atoms with Crippen molar-refractivity contribution in [3.05, 3.63) is 48.6 Å². The largest absolute Gasteiger partial charge is 0.457 e. The first-order valence-electron chi connectivity index (χ1n) is 6.92. The van der Waals surface area contributed by atoms with E-state index >= 15 is 0 Å². The number of Topliss-reactive ketones (excluding diaryl/α,β-unsaturated/α-hetero) is 1. The summed E-state index contributed by atoms with van der Waals surface area (Å²) in [5.74, 6) is -0.724. The van der Waals surface area contributed by atoms with Crippen LogP contribution < -0.4 is 0 Å². The molecule has 0 saturated carbocycles. The lowest BCUT2D eigenvalue weighted by molar-refractivity contribution is -0.126. The lowest BCUT2D eigenvalue weighted by Gasteiger charge is -2.26. The Kier molecular flexibility index (Phi) is 6.16. The van der Waals surface area contributed by atoms with Gasteiger partial charge in [0.2, 0.25) is 0 Å². The molecule has 3 atom stereocenters. The predicted molar refractivity (Wildman–Crippen MR) is 79.5 cm³/mol. The zero-order chi connectivity index (χ0) is 15.1. The van der Waals surface area contributed by atoms with Gasteiger partial charge in [0.25, 0.3) is 0 Å². The van der Waals surface area contributed by atoms with Crippen LogP contribution in [-0.2, 0) is 9.53 Å². The third-order valence-electron chi connectivity index (χ3n) is 3.49. The minimum Gasteiger partial charge on any atom is -0.457 e. The molecule has 0 amide bonds. The highest BCUT2D eigenvalue weighted by molar-refractivity contribution is 5.90. The first kappa shape index (κ1) is 16.2. The molecule has 1 aromatic rings. The summed E-state index contributed by atoms with van der Waals surface area (Å²) in [5.41, 5.74) is 0.491. The summed E-state index contributed by atoms with van der Waals surface area (Å²) in [5, 5.41) is 0. The quantitative estimate of drug-likeness (QED) is 0.563. The third-order valence-corrected chi connectivity index (χ3v) is 3.49. The van der Waals surface area contributed by atoms with E-state index in [2.05, 4.69) is 6.58 Å². The van der Waals surface area contributed by atoms with E-state index in [-0.39, 0.29) is 17.6 Å². The number of ketones is 1. The van der Waals surface area contributed by atoms with Crippen LogP contribution in [0.4, 0.5) is 0 Å². The van der Waals surface area contributed by atoms with Crippen LogP contribution in [0.25, 0.3) is 0 Å². The molecule has 0 heterocycles. The Balaban J connectivity index is 2.88. The van der Waals surface area contributed by atoms with Crippen LogP contribution in [0.15, 0.2) is 43.0 Å². The van der Waals surface area contributed by atoms with Crippen molar-refractivity contribution in [3.63, 3.8) is 0 Å². The maximum Gasteiger partial charge on any atom is 0.338 e. The highest BCUT2D eigenvalue weighted by atomic mass is 16.5. The molecule has 0 bridgehead atoms. The van der Waals surface area contributed by atoms with Gasteiger partial charge >= 0.3 is 5.97 Å². The summed E-state index contributed by atoms with van der Waals surface area (Å²) in [6.45, 7) is 9.24. The first-order valence-corrected chi connectivity index (χ1v) is 6.92. The van der Waals surface area contributed by atoms with E-state index in [0.717, 1.165) is 0 Å².